The molecule has 0 N–H and O–H groups in total. The van der Waals surface area contributed by atoms with Crippen molar-refractivity contribution in [3.05, 3.63) is 40.9 Å². The van der Waals surface area contributed by atoms with Gasteiger partial charge in [-0.3, -0.25) is 4.98 Å². The Hall–Kier alpha value is -1.90. The standard InChI is InChI=1S/C18H20N2O/c1-11-18(12(2)21-20-11)17-9-15-7-6-14(16(15)10-19-17)8-13-4-3-5-13/h6,9-10,13H,3-5,7-8H2,1-2H3. The maximum absolute atomic E-state index is 5.26. The lowest BCUT2D eigenvalue weighted by Gasteiger charge is -2.26. The van der Waals surface area contributed by atoms with Gasteiger partial charge in [-0.1, -0.05) is 30.5 Å². The van der Waals surface area contributed by atoms with E-state index in [1.807, 2.05) is 20.0 Å². The third kappa shape index (κ3) is 2.11. The molecule has 21 heavy (non-hydrogen) atoms. The van der Waals surface area contributed by atoms with Crippen LogP contribution in [0.2, 0.25) is 0 Å². The maximum Gasteiger partial charge on any atom is 0.143 e. The van der Waals surface area contributed by atoms with E-state index in [0.717, 1.165) is 35.1 Å². The summed E-state index contributed by atoms with van der Waals surface area (Å²) < 4.78 is 5.26. The van der Waals surface area contributed by atoms with E-state index in [1.54, 1.807) is 0 Å². The Kier molecular flexibility index (Phi) is 2.95. The van der Waals surface area contributed by atoms with Gasteiger partial charge in [-0.2, -0.15) is 0 Å². The minimum Gasteiger partial charge on any atom is -0.361 e. The van der Waals surface area contributed by atoms with E-state index >= 15 is 0 Å². The number of aromatic nitrogens is 2. The highest BCUT2D eigenvalue weighted by Gasteiger charge is 2.23. The summed E-state index contributed by atoms with van der Waals surface area (Å²) in [4.78, 5) is 4.68. The molecule has 0 unspecified atom stereocenters. The Morgan fingerprint density at radius 1 is 1.29 bits per heavy atom. The quantitative estimate of drug-likeness (QED) is 0.832. The Bertz CT molecular complexity index is 703. The van der Waals surface area contributed by atoms with Gasteiger partial charge in [0.15, 0.2) is 0 Å². The van der Waals surface area contributed by atoms with Crippen molar-refractivity contribution in [3.63, 3.8) is 0 Å². The van der Waals surface area contributed by atoms with Crippen molar-refractivity contribution >= 4 is 5.57 Å². The largest absolute Gasteiger partial charge is 0.361 e. The molecular weight excluding hydrogens is 260 g/mol. The van der Waals surface area contributed by atoms with E-state index < -0.39 is 0 Å². The molecule has 0 aromatic carbocycles. The molecule has 0 radical (unpaired) electrons. The van der Waals surface area contributed by atoms with Gasteiger partial charge >= 0.3 is 0 Å². The number of hydrogen-bond acceptors (Lipinski definition) is 3. The van der Waals surface area contributed by atoms with E-state index in [4.69, 9.17) is 4.52 Å². The predicted molar refractivity (Wildman–Crippen MR) is 82.8 cm³/mol. The average molecular weight is 280 g/mol. The summed E-state index contributed by atoms with van der Waals surface area (Å²) in [6.07, 6.45) is 10.9. The Labute approximate surface area is 125 Å². The molecule has 1 saturated carbocycles. The van der Waals surface area contributed by atoms with Gasteiger partial charge in [0.25, 0.3) is 0 Å². The van der Waals surface area contributed by atoms with Crippen molar-refractivity contribution in [2.45, 2.75) is 46.0 Å². The van der Waals surface area contributed by atoms with Crippen LogP contribution in [-0.4, -0.2) is 10.1 Å². The molecule has 3 heteroatoms. The molecule has 4 rings (SSSR count). The third-order valence-electron chi connectivity index (χ3n) is 4.93. The Morgan fingerprint density at radius 3 is 2.81 bits per heavy atom. The molecule has 2 aromatic rings. The molecule has 2 aliphatic carbocycles. The molecular formula is C18H20N2O. The average Bonchev–Trinajstić information content (AvgIpc) is 2.97. The lowest BCUT2D eigenvalue weighted by molar-refractivity contribution is 0.323. The van der Waals surface area contributed by atoms with Gasteiger partial charge < -0.3 is 4.52 Å². The fourth-order valence-corrected chi connectivity index (χ4v) is 3.48. The molecule has 3 nitrogen and oxygen atoms in total. The molecule has 0 aliphatic heterocycles. The Morgan fingerprint density at radius 2 is 2.14 bits per heavy atom. The summed E-state index contributed by atoms with van der Waals surface area (Å²) in [5, 5.41) is 4.03. The molecule has 108 valence electrons. The number of aryl methyl sites for hydroxylation is 2. The number of allylic oxidation sites excluding steroid dienone is 2. The fourth-order valence-electron chi connectivity index (χ4n) is 3.48. The highest BCUT2D eigenvalue weighted by Crippen LogP contribution is 2.39. The van der Waals surface area contributed by atoms with Crippen LogP contribution in [0.1, 0.15) is 48.3 Å². The van der Waals surface area contributed by atoms with E-state index in [2.05, 4.69) is 22.3 Å². The lowest BCUT2D eigenvalue weighted by Crippen LogP contribution is -2.11. The normalized spacial score (nSPS) is 17.5. The van der Waals surface area contributed by atoms with Crippen molar-refractivity contribution in [1.82, 2.24) is 10.1 Å². The topological polar surface area (TPSA) is 38.9 Å². The number of pyridine rings is 1. The van der Waals surface area contributed by atoms with Gasteiger partial charge in [-0.15, -0.1) is 0 Å². The van der Waals surface area contributed by atoms with Crippen LogP contribution in [0, 0.1) is 19.8 Å². The van der Waals surface area contributed by atoms with Crippen molar-refractivity contribution in [3.8, 4) is 11.3 Å². The molecule has 0 spiro atoms. The third-order valence-corrected chi connectivity index (χ3v) is 4.93. The van der Waals surface area contributed by atoms with Crippen LogP contribution in [0.4, 0.5) is 0 Å². The molecule has 0 bridgehead atoms. The first-order valence-corrected chi connectivity index (χ1v) is 7.84. The molecule has 2 aromatic heterocycles. The summed E-state index contributed by atoms with van der Waals surface area (Å²) in [5.41, 5.74) is 7.22. The molecule has 0 amide bonds. The highest BCUT2D eigenvalue weighted by atomic mass is 16.5. The summed E-state index contributed by atoms with van der Waals surface area (Å²) in [7, 11) is 0. The number of nitrogens with zero attached hydrogens (tertiary/aromatic N) is 2. The SMILES string of the molecule is Cc1noc(C)c1-c1cc2c(cn1)C(CC1CCC1)=CC2. The molecule has 2 aliphatic rings. The van der Waals surface area contributed by atoms with Crippen LogP contribution in [0.3, 0.4) is 0 Å². The van der Waals surface area contributed by atoms with Crippen LogP contribution < -0.4 is 0 Å². The number of fused-ring (bicyclic) bond motifs is 1. The van der Waals surface area contributed by atoms with Crippen LogP contribution >= 0.6 is 0 Å². The van der Waals surface area contributed by atoms with Gasteiger partial charge in [0.1, 0.15) is 5.76 Å². The molecule has 0 atom stereocenters. The number of rotatable bonds is 3. The monoisotopic (exact) mass is 280 g/mol. The van der Waals surface area contributed by atoms with Crippen molar-refractivity contribution in [2.24, 2.45) is 5.92 Å². The zero-order valence-corrected chi connectivity index (χ0v) is 12.6. The zero-order chi connectivity index (χ0) is 14.4. The maximum atomic E-state index is 5.26. The lowest BCUT2D eigenvalue weighted by atomic mass is 9.80. The van der Waals surface area contributed by atoms with E-state index in [9.17, 15) is 0 Å². The molecule has 1 fully saturated rings. The molecule has 0 saturated heterocycles. The van der Waals surface area contributed by atoms with Gasteiger partial charge in [-0.25, -0.2) is 0 Å². The second-order valence-electron chi connectivity index (χ2n) is 6.36. The summed E-state index contributed by atoms with van der Waals surface area (Å²) in [6.45, 7) is 3.92. The van der Waals surface area contributed by atoms with Crippen molar-refractivity contribution < 1.29 is 4.52 Å². The van der Waals surface area contributed by atoms with Crippen LogP contribution in [0.15, 0.2) is 22.9 Å². The van der Waals surface area contributed by atoms with E-state index in [0.29, 0.717) is 0 Å². The van der Waals surface area contributed by atoms with Gasteiger partial charge in [0, 0.05) is 6.20 Å². The van der Waals surface area contributed by atoms with Crippen LogP contribution in [0.25, 0.3) is 16.8 Å². The van der Waals surface area contributed by atoms with Crippen molar-refractivity contribution in [2.75, 3.05) is 0 Å². The second kappa shape index (κ2) is 4.83. The van der Waals surface area contributed by atoms with Crippen LogP contribution in [0.5, 0.6) is 0 Å². The number of hydrogen-bond donors (Lipinski definition) is 0. The van der Waals surface area contributed by atoms with Gasteiger partial charge in [-0.05, 0) is 55.4 Å². The summed E-state index contributed by atoms with van der Waals surface area (Å²) >= 11 is 0. The zero-order valence-electron chi connectivity index (χ0n) is 12.6. The highest BCUT2D eigenvalue weighted by molar-refractivity contribution is 5.75. The first kappa shape index (κ1) is 12.8. The van der Waals surface area contributed by atoms with Gasteiger partial charge in [0.2, 0.25) is 0 Å². The summed E-state index contributed by atoms with van der Waals surface area (Å²) in [6, 6.07) is 2.21. The van der Waals surface area contributed by atoms with E-state index in [1.165, 1.54) is 42.4 Å². The van der Waals surface area contributed by atoms with E-state index in [-0.39, 0.29) is 0 Å². The smallest absolute Gasteiger partial charge is 0.143 e. The van der Waals surface area contributed by atoms with Crippen LogP contribution in [-0.2, 0) is 6.42 Å². The first-order chi connectivity index (χ1) is 10.2. The van der Waals surface area contributed by atoms with Gasteiger partial charge in [0.05, 0.1) is 17.0 Å². The fraction of sp³-hybridized carbons (Fsp3) is 0.444. The Balaban J connectivity index is 1.65. The van der Waals surface area contributed by atoms with Crippen molar-refractivity contribution in [1.29, 1.82) is 0 Å². The second-order valence-corrected chi connectivity index (χ2v) is 6.36. The predicted octanol–water partition coefficient (Wildman–Crippen LogP) is 4.48. The minimum absolute atomic E-state index is 0.848. The first-order valence-electron chi connectivity index (χ1n) is 7.84. The summed E-state index contributed by atoms with van der Waals surface area (Å²) in [5.74, 6) is 1.75. The molecule has 2 heterocycles. The minimum atomic E-state index is 0.848.